The van der Waals surface area contributed by atoms with Gasteiger partial charge < -0.3 is 20.0 Å². The zero-order valence-corrected chi connectivity index (χ0v) is 16.5. The number of urea groups is 1. The second-order valence-electron chi connectivity index (χ2n) is 7.73. The number of piperidine rings is 1. The Balaban J connectivity index is 1.49. The lowest BCUT2D eigenvalue weighted by Crippen LogP contribution is -2.57. The summed E-state index contributed by atoms with van der Waals surface area (Å²) < 4.78 is 0. The van der Waals surface area contributed by atoms with Gasteiger partial charge in [-0.05, 0) is 31.9 Å². The minimum atomic E-state index is -0.0338. The van der Waals surface area contributed by atoms with E-state index in [1.807, 2.05) is 42.7 Å². The van der Waals surface area contributed by atoms with Crippen LogP contribution in [0, 0.1) is 12.8 Å². The number of carbonyl (C=O) groups excluding carboxylic acids is 2. The summed E-state index contributed by atoms with van der Waals surface area (Å²) in [6.07, 6.45) is 1.98. The second-order valence-corrected chi connectivity index (χ2v) is 7.73. The average Bonchev–Trinajstić information content (AvgIpc) is 2.68. The van der Waals surface area contributed by atoms with Gasteiger partial charge in [0, 0.05) is 51.2 Å². The van der Waals surface area contributed by atoms with Crippen molar-refractivity contribution in [3.63, 3.8) is 0 Å². The van der Waals surface area contributed by atoms with Crippen molar-refractivity contribution < 1.29 is 9.59 Å². The maximum atomic E-state index is 12.6. The Labute approximate surface area is 160 Å². The molecule has 1 N–H and O–H groups in total. The van der Waals surface area contributed by atoms with Gasteiger partial charge in [-0.15, -0.1) is 5.10 Å². The van der Waals surface area contributed by atoms with Crippen molar-refractivity contribution in [2.24, 2.45) is 5.92 Å². The molecule has 1 unspecified atom stereocenters. The van der Waals surface area contributed by atoms with Gasteiger partial charge in [0.2, 0.25) is 5.91 Å². The van der Waals surface area contributed by atoms with Gasteiger partial charge in [-0.2, -0.15) is 5.10 Å². The fourth-order valence-corrected chi connectivity index (χ4v) is 3.62. The third-order valence-corrected chi connectivity index (χ3v) is 5.23. The van der Waals surface area contributed by atoms with E-state index in [2.05, 4.69) is 20.4 Å². The first-order chi connectivity index (χ1) is 12.9. The Morgan fingerprint density at radius 2 is 1.78 bits per heavy atom. The molecule has 2 aliphatic heterocycles. The highest BCUT2D eigenvalue weighted by atomic mass is 16.2. The maximum Gasteiger partial charge on any atom is 0.317 e. The predicted octanol–water partition coefficient (Wildman–Crippen LogP) is 1.26. The molecule has 148 valence electrons. The van der Waals surface area contributed by atoms with E-state index in [0.29, 0.717) is 26.2 Å². The summed E-state index contributed by atoms with van der Waals surface area (Å²) in [4.78, 5) is 30.6. The normalized spacial score (nSPS) is 20.7. The number of nitrogens with zero attached hydrogens (tertiary/aromatic N) is 5. The van der Waals surface area contributed by atoms with E-state index >= 15 is 0 Å². The van der Waals surface area contributed by atoms with E-state index in [9.17, 15) is 9.59 Å². The lowest BCUT2D eigenvalue weighted by molar-refractivity contribution is -0.135. The van der Waals surface area contributed by atoms with Crippen LogP contribution in [-0.2, 0) is 4.79 Å². The number of aryl methyl sites for hydroxylation is 1. The number of rotatable bonds is 3. The largest absolute Gasteiger partial charge is 0.353 e. The van der Waals surface area contributed by atoms with Gasteiger partial charge >= 0.3 is 6.03 Å². The summed E-state index contributed by atoms with van der Waals surface area (Å²) in [6, 6.07) is 4.01. The summed E-state index contributed by atoms with van der Waals surface area (Å²) in [6.45, 7) is 9.82. The molecule has 0 radical (unpaired) electrons. The highest BCUT2D eigenvalue weighted by Crippen LogP contribution is 2.17. The van der Waals surface area contributed by atoms with Gasteiger partial charge in [0.1, 0.15) is 0 Å². The molecule has 0 aliphatic carbocycles. The minimum absolute atomic E-state index is 0.00321. The van der Waals surface area contributed by atoms with E-state index in [4.69, 9.17) is 0 Å². The van der Waals surface area contributed by atoms with Gasteiger partial charge in [-0.1, -0.05) is 13.8 Å². The smallest absolute Gasteiger partial charge is 0.317 e. The number of aromatic nitrogens is 2. The Bertz CT molecular complexity index is 655. The van der Waals surface area contributed by atoms with E-state index in [1.165, 1.54) is 0 Å². The number of carbonyl (C=O) groups is 2. The van der Waals surface area contributed by atoms with Crippen LogP contribution >= 0.6 is 0 Å². The Morgan fingerprint density at radius 3 is 2.41 bits per heavy atom. The molecule has 1 atom stereocenters. The van der Waals surface area contributed by atoms with Crippen LogP contribution in [0.4, 0.5) is 10.6 Å². The molecule has 27 heavy (non-hydrogen) atoms. The van der Waals surface area contributed by atoms with Crippen molar-refractivity contribution in [1.82, 2.24) is 25.3 Å². The summed E-state index contributed by atoms with van der Waals surface area (Å²) in [5, 5.41) is 11.5. The number of piperazine rings is 1. The van der Waals surface area contributed by atoms with Crippen LogP contribution in [-0.4, -0.2) is 77.2 Å². The van der Waals surface area contributed by atoms with Crippen molar-refractivity contribution in [1.29, 1.82) is 0 Å². The van der Waals surface area contributed by atoms with Crippen LogP contribution < -0.4 is 10.2 Å². The highest BCUT2D eigenvalue weighted by molar-refractivity contribution is 5.79. The molecular formula is C19H30N6O2. The van der Waals surface area contributed by atoms with Crippen LogP contribution in [0.5, 0.6) is 0 Å². The molecular weight excluding hydrogens is 344 g/mol. The summed E-state index contributed by atoms with van der Waals surface area (Å²) in [5.41, 5.74) is 0.899. The van der Waals surface area contributed by atoms with Gasteiger partial charge in [-0.3, -0.25) is 4.79 Å². The number of amides is 3. The first-order valence-electron chi connectivity index (χ1n) is 9.83. The fourth-order valence-electron chi connectivity index (χ4n) is 3.62. The van der Waals surface area contributed by atoms with E-state index < -0.39 is 0 Å². The lowest BCUT2D eigenvalue weighted by Gasteiger charge is -2.38. The van der Waals surface area contributed by atoms with Crippen LogP contribution in [0.15, 0.2) is 12.1 Å². The fraction of sp³-hybridized carbons (Fsp3) is 0.684. The van der Waals surface area contributed by atoms with Crippen LogP contribution in [0.25, 0.3) is 0 Å². The number of nitrogens with one attached hydrogen (secondary N) is 1. The molecule has 1 aromatic rings. The van der Waals surface area contributed by atoms with Crippen molar-refractivity contribution in [3.8, 4) is 0 Å². The molecule has 2 aliphatic rings. The highest BCUT2D eigenvalue weighted by Gasteiger charge is 2.28. The van der Waals surface area contributed by atoms with E-state index in [-0.39, 0.29) is 23.9 Å². The quantitative estimate of drug-likeness (QED) is 0.861. The van der Waals surface area contributed by atoms with Gasteiger partial charge in [0.15, 0.2) is 5.82 Å². The Hall–Kier alpha value is -2.38. The van der Waals surface area contributed by atoms with Crippen LogP contribution in [0.1, 0.15) is 32.4 Å². The van der Waals surface area contributed by atoms with Gasteiger partial charge in [-0.25, -0.2) is 4.79 Å². The first-order valence-corrected chi connectivity index (χ1v) is 9.83. The Morgan fingerprint density at radius 1 is 1.07 bits per heavy atom. The van der Waals surface area contributed by atoms with Crippen molar-refractivity contribution in [2.75, 3.05) is 44.2 Å². The van der Waals surface area contributed by atoms with Gasteiger partial charge in [0.25, 0.3) is 0 Å². The number of hydrogen-bond donors (Lipinski definition) is 1. The average molecular weight is 374 g/mol. The molecule has 0 spiro atoms. The summed E-state index contributed by atoms with van der Waals surface area (Å²) in [5.74, 6) is 1.03. The van der Waals surface area contributed by atoms with Crippen molar-refractivity contribution in [2.45, 2.75) is 39.7 Å². The molecule has 3 heterocycles. The first kappa shape index (κ1) is 19.4. The molecule has 0 bridgehead atoms. The Kier molecular flexibility index (Phi) is 6.13. The second kappa shape index (κ2) is 8.54. The molecule has 0 aromatic carbocycles. The monoisotopic (exact) mass is 374 g/mol. The van der Waals surface area contributed by atoms with Gasteiger partial charge in [0.05, 0.1) is 5.69 Å². The standard InChI is InChI=1S/C19H30N6O2/c1-14(2)18(26)23-9-11-24(12-10-23)19(27)20-16-5-4-8-25(13-16)17-7-6-15(3)21-22-17/h6-7,14,16H,4-5,8-13H2,1-3H3,(H,20,27). The predicted molar refractivity (Wildman–Crippen MR) is 104 cm³/mol. The zero-order chi connectivity index (χ0) is 19.4. The topological polar surface area (TPSA) is 81.7 Å². The molecule has 3 amide bonds. The molecule has 1 aromatic heterocycles. The maximum absolute atomic E-state index is 12.6. The van der Waals surface area contributed by atoms with E-state index in [0.717, 1.165) is 37.4 Å². The van der Waals surface area contributed by atoms with Crippen molar-refractivity contribution in [3.05, 3.63) is 17.8 Å². The number of hydrogen-bond acceptors (Lipinski definition) is 5. The molecule has 2 saturated heterocycles. The molecule has 3 rings (SSSR count). The zero-order valence-electron chi connectivity index (χ0n) is 16.5. The molecule has 2 fully saturated rings. The number of anilines is 1. The van der Waals surface area contributed by atoms with Crippen molar-refractivity contribution >= 4 is 17.8 Å². The minimum Gasteiger partial charge on any atom is -0.353 e. The van der Waals surface area contributed by atoms with Crippen LogP contribution in [0.3, 0.4) is 0 Å². The summed E-state index contributed by atoms with van der Waals surface area (Å²) >= 11 is 0. The molecule has 8 nitrogen and oxygen atoms in total. The van der Waals surface area contributed by atoms with E-state index in [1.54, 1.807) is 0 Å². The third-order valence-electron chi connectivity index (χ3n) is 5.23. The molecule has 0 saturated carbocycles. The van der Waals surface area contributed by atoms with Crippen LogP contribution in [0.2, 0.25) is 0 Å². The third kappa shape index (κ3) is 4.87. The lowest BCUT2D eigenvalue weighted by atomic mass is 10.1. The molecule has 8 heteroatoms. The SMILES string of the molecule is Cc1ccc(N2CCCC(NC(=O)N3CCN(C(=O)C(C)C)CC3)C2)nn1. The summed E-state index contributed by atoms with van der Waals surface area (Å²) in [7, 11) is 0.